The lowest BCUT2D eigenvalue weighted by molar-refractivity contribution is 0.0961. The summed E-state index contributed by atoms with van der Waals surface area (Å²) in [4.78, 5) is 24.2. The second-order valence-electron chi connectivity index (χ2n) is 4.75. The highest BCUT2D eigenvalue weighted by Gasteiger charge is 2.26. The van der Waals surface area contributed by atoms with Gasteiger partial charge in [0.1, 0.15) is 5.56 Å². The average Bonchev–Trinajstić information content (AvgIpc) is 3.23. The molecule has 1 saturated carbocycles. The molecule has 1 N–H and O–H groups in total. The number of amides is 1. The number of benzene rings is 1. The van der Waals surface area contributed by atoms with Crippen LogP contribution in [0, 0.1) is 3.57 Å². The van der Waals surface area contributed by atoms with E-state index in [1.54, 1.807) is 13.2 Å². The third-order valence-corrected chi connectivity index (χ3v) is 4.08. The van der Waals surface area contributed by atoms with Gasteiger partial charge < -0.3 is 9.88 Å². The summed E-state index contributed by atoms with van der Waals surface area (Å²) in [6, 6.07) is 6.22. The molecule has 1 amide bonds. The largest absolute Gasteiger partial charge is 0.355 e. The van der Waals surface area contributed by atoms with Crippen molar-refractivity contribution in [2.45, 2.75) is 18.9 Å². The van der Waals surface area contributed by atoms with Crippen molar-refractivity contribution in [1.82, 2.24) is 9.88 Å². The number of nitrogens with zero attached hydrogens (tertiary/aromatic N) is 1. The van der Waals surface area contributed by atoms with E-state index in [0.717, 1.165) is 21.9 Å². The van der Waals surface area contributed by atoms with Crippen LogP contribution in [0.2, 0.25) is 0 Å². The van der Waals surface area contributed by atoms with Gasteiger partial charge in [0.25, 0.3) is 5.91 Å². The molecule has 1 aliphatic carbocycles. The Labute approximate surface area is 123 Å². The van der Waals surface area contributed by atoms with Gasteiger partial charge in [-0.15, -0.1) is 0 Å². The molecule has 5 heteroatoms. The minimum Gasteiger partial charge on any atom is -0.355 e. The molecule has 0 aliphatic heterocycles. The third-order valence-electron chi connectivity index (χ3n) is 3.41. The van der Waals surface area contributed by atoms with E-state index >= 15 is 0 Å². The molecule has 0 saturated heterocycles. The van der Waals surface area contributed by atoms with E-state index in [2.05, 4.69) is 32.5 Å². The highest BCUT2D eigenvalue weighted by atomic mass is 127. The summed E-state index contributed by atoms with van der Waals surface area (Å²) in [7, 11) is 1.54. The van der Waals surface area contributed by atoms with Gasteiger partial charge in [-0.25, -0.2) is 0 Å². The summed E-state index contributed by atoms with van der Waals surface area (Å²) in [6.45, 7) is 0. The van der Waals surface area contributed by atoms with E-state index in [0.29, 0.717) is 11.4 Å². The number of hydrogen-bond acceptors (Lipinski definition) is 2. The van der Waals surface area contributed by atoms with E-state index in [9.17, 15) is 9.59 Å². The number of hydrogen-bond donors (Lipinski definition) is 1. The molecule has 0 bridgehead atoms. The maximum absolute atomic E-state index is 12.4. The Morgan fingerprint density at radius 1 is 1.42 bits per heavy atom. The van der Waals surface area contributed by atoms with Crippen LogP contribution in [0.5, 0.6) is 0 Å². The lowest BCUT2D eigenvalue weighted by Crippen LogP contribution is -2.27. The molecule has 19 heavy (non-hydrogen) atoms. The van der Waals surface area contributed by atoms with Gasteiger partial charge >= 0.3 is 0 Å². The molecule has 4 nitrogen and oxygen atoms in total. The van der Waals surface area contributed by atoms with Crippen LogP contribution in [-0.4, -0.2) is 17.5 Å². The van der Waals surface area contributed by atoms with E-state index in [1.165, 1.54) is 0 Å². The van der Waals surface area contributed by atoms with Gasteiger partial charge in [0.15, 0.2) is 0 Å². The highest BCUT2D eigenvalue weighted by Crippen LogP contribution is 2.37. The average molecular weight is 368 g/mol. The van der Waals surface area contributed by atoms with Crippen LogP contribution in [0.1, 0.15) is 29.2 Å². The molecule has 1 aromatic carbocycles. The van der Waals surface area contributed by atoms with E-state index in [-0.39, 0.29) is 16.9 Å². The Kier molecular flexibility index (Phi) is 3.08. The lowest BCUT2D eigenvalue weighted by Gasteiger charge is -2.12. The Balaban J connectivity index is 2.37. The smallest absolute Gasteiger partial charge is 0.256 e. The summed E-state index contributed by atoms with van der Waals surface area (Å²) in [5, 5.41) is 3.16. The van der Waals surface area contributed by atoms with Gasteiger partial charge in [0.05, 0.1) is 5.52 Å². The van der Waals surface area contributed by atoms with Gasteiger partial charge in [0, 0.05) is 28.2 Å². The Morgan fingerprint density at radius 3 is 2.79 bits per heavy atom. The van der Waals surface area contributed by atoms with Crippen molar-refractivity contribution in [2.75, 3.05) is 7.05 Å². The van der Waals surface area contributed by atoms with Gasteiger partial charge in [-0.3, -0.25) is 9.59 Å². The number of nitrogens with one attached hydrogen (secondary N) is 1. The lowest BCUT2D eigenvalue weighted by atomic mass is 10.1. The monoisotopic (exact) mass is 368 g/mol. The number of carbonyl (C=O) groups is 1. The molecule has 1 aromatic heterocycles. The highest BCUT2D eigenvalue weighted by molar-refractivity contribution is 14.1. The van der Waals surface area contributed by atoms with Crippen LogP contribution < -0.4 is 10.7 Å². The fraction of sp³-hybridized carbons (Fsp3) is 0.286. The van der Waals surface area contributed by atoms with Crippen LogP contribution in [0.25, 0.3) is 10.9 Å². The van der Waals surface area contributed by atoms with Crippen LogP contribution >= 0.6 is 22.6 Å². The number of carbonyl (C=O) groups excluding carboxylic acids is 1. The molecule has 1 fully saturated rings. The molecular weight excluding hydrogens is 355 g/mol. The van der Waals surface area contributed by atoms with Crippen molar-refractivity contribution in [1.29, 1.82) is 0 Å². The first-order valence-corrected chi connectivity index (χ1v) is 7.26. The predicted molar refractivity (Wildman–Crippen MR) is 82.6 cm³/mol. The zero-order valence-corrected chi connectivity index (χ0v) is 12.6. The zero-order valence-electron chi connectivity index (χ0n) is 10.4. The molecule has 0 spiro atoms. The Bertz CT molecular complexity index is 732. The number of pyridine rings is 1. The van der Waals surface area contributed by atoms with Crippen molar-refractivity contribution in [2.24, 2.45) is 0 Å². The minimum absolute atomic E-state index is 0.190. The molecule has 1 aliphatic rings. The van der Waals surface area contributed by atoms with Crippen LogP contribution in [0.4, 0.5) is 0 Å². The third kappa shape index (κ3) is 2.16. The van der Waals surface area contributed by atoms with Crippen LogP contribution in [0.15, 0.2) is 29.2 Å². The van der Waals surface area contributed by atoms with E-state index in [1.807, 2.05) is 18.2 Å². The second kappa shape index (κ2) is 4.63. The summed E-state index contributed by atoms with van der Waals surface area (Å²) in [5.74, 6) is -0.319. The molecule has 0 unspecified atom stereocenters. The number of fused-ring (bicyclic) bond motifs is 1. The standard InChI is InChI=1S/C14H13IN2O2/c1-16-14(19)11-7-17(9-3-4-9)12-5-2-8(15)6-10(12)13(11)18/h2,5-7,9H,3-4H2,1H3,(H,16,19). The van der Waals surface area contributed by atoms with Gasteiger partial charge in [-0.1, -0.05) is 0 Å². The molecule has 3 rings (SSSR count). The topological polar surface area (TPSA) is 51.1 Å². The molecule has 2 aromatic rings. The SMILES string of the molecule is CNC(=O)c1cn(C2CC2)c2ccc(I)cc2c1=O. The first kappa shape index (κ1) is 12.7. The molecule has 0 atom stereocenters. The van der Waals surface area contributed by atoms with Crippen molar-refractivity contribution in [3.05, 3.63) is 43.8 Å². The Hall–Kier alpha value is -1.37. The number of halogens is 1. The number of aromatic nitrogens is 1. The first-order valence-electron chi connectivity index (χ1n) is 6.18. The first-order chi connectivity index (χ1) is 9.11. The zero-order chi connectivity index (χ0) is 13.6. The maximum Gasteiger partial charge on any atom is 0.256 e. The predicted octanol–water partition coefficient (Wildman–Crippen LogP) is 2.30. The van der Waals surface area contributed by atoms with Crippen LogP contribution in [0.3, 0.4) is 0 Å². The summed E-state index contributed by atoms with van der Waals surface area (Å²) >= 11 is 2.18. The fourth-order valence-electron chi connectivity index (χ4n) is 2.28. The van der Waals surface area contributed by atoms with E-state index in [4.69, 9.17) is 0 Å². The van der Waals surface area contributed by atoms with Crippen LogP contribution in [-0.2, 0) is 0 Å². The maximum atomic E-state index is 12.4. The summed E-state index contributed by atoms with van der Waals surface area (Å²) in [5.41, 5.74) is 0.953. The molecule has 0 radical (unpaired) electrons. The van der Waals surface area contributed by atoms with E-state index < -0.39 is 0 Å². The van der Waals surface area contributed by atoms with Crippen molar-refractivity contribution in [3.8, 4) is 0 Å². The number of rotatable bonds is 2. The van der Waals surface area contributed by atoms with Gasteiger partial charge in [0.2, 0.25) is 5.43 Å². The van der Waals surface area contributed by atoms with Gasteiger partial charge in [-0.05, 0) is 53.6 Å². The van der Waals surface area contributed by atoms with Crippen molar-refractivity contribution < 1.29 is 4.79 Å². The quantitative estimate of drug-likeness (QED) is 0.828. The molecular formula is C14H13IN2O2. The molecule has 98 valence electrons. The second-order valence-corrected chi connectivity index (χ2v) is 6.00. The van der Waals surface area contributed by atoms with Gasteiger partial charge in [-0.2, -0.15) is 0 Å². The molecule has 1 heterocycles. The van der Waals surface area contributed by atoms with Crippen molar-refractivity contribution in [3.63, 3.8) is 0 Å². The van der Waals surface area contributed by atoms with Crippen molar-refractivity contribution >= 4 is 39.4 Å². The normalized spacial score (nSPS) is 14.6. The minimum atomic E-state index is -0.319. The Morgan fingerprint density at radius 2 is 2.16 bits per heavy atom. The fourth-order valence-corrected chi connectivity index (χ4v) is 2.77. The summed E-state index contributed by atoms with van der Waals surface area (Å²) in [6.07, 6.45) is 3.92. The summed E-state index contributed by atoms with van der Waals surface area (Å²) < 4.78 is 3.07.